The number of benzene rings is 2. The monoisotopic (exact) mass is 495 g/mol. The molecule has 0 radical (unpaired) electrons. The van der Waals surface area contributed by atoms with E-state index in [4.69, 9.17) is 26.2 Å². The Kier molecular flexibility index (Phi) is 7.06. The van der Waals surface area contributed by atoms with Crippen LogP contribution in [0.1, 0.15) is 50.0 Å². The van der Waals surface area contributed by atoms with Crippen molar-refractivity contribution in [2.75, 3.05) is 6.61 Å². The maximum Gasteiger partial charge on any atom is 0.341 e. The van der Waals surface area contributed by atoms with Gasteiger partial charge in [-0.05, 0) is 42.8 Å². The predicted octanol–water partition coefficient (Wildman–Crippen LogP) is 5.05. The first-order valence-corrected chi connectivity index (χ1v) is 10.7. The normalized spacial score (nSPS) is 23.6. The Labute approximate surface area is 188 Å². The van der Waals surface area contributed by atoms with E-state index in [0.717, 1.165) is 15.6 Å². The molecular formula is C22H23BrClNO5. The minimum atomic E-state index is -1.06. The zero-order valence-electron chi connectivity index (χ0n) is 16.7. The fourth-order valence-corrected chi connectivity index (χ4v) is 4.33. The third kappa shape index (κ3) is 5.74. The highest BCUT2D eigenvalue weighted by Gasteiger charge is 2.40. The van der Waals surface area contributed by atoms with Crippen LogP contribution >= 0.6 is 27.5 Å². The largest absolute Gasteiger partial charge is 0.482 e. The summed E-state index contributed by atoms with van der Waals surface area (Å²) >= 11 is 9.50. The summed E-state index contributed by atoms with van der Waals surface area (Å²) in [6.45, 7) is 3.03. The SMILES string of the molecule is CC(=O)N[C@]1(C)C[C@@H](c2ccc(Cl)cc2)O[C@@H](c2cc(Br)ccc2OCC(=O)O)C1. The lowest BCUT2D eigenvalue weighted by atomic mass is 9.81. The van der Waals surface area contributed by atoms with E-state index in [-0.39, 0.29) is 12.0 Å². The lowest BCUT2D eigenvalue weighted by molar-refractivity contribution is -0.139. The van der Waals surface area contributed by atoms with E-state index in [1.165, 1.54) is 6.92 Å². The molecule has 0 unspecified atom stereocenters. The number of carbonyl (C=O) groups is 2. The van der Waals surface area contributed by atoms with Crippen molar-refractivity contribution in [1.82, 2.24) is 5.32 Å². The summed E-state index contributed by atoms with van der Waals surface area (Å²) in [5, 5.41) is 12.7. The smallest absolute Gasteiger partial charge is 0.341 e. The topological polar surface area (TPSA) is 84.9 Å². The van der Waals surface area contributed by atoms with Gasteiger partial charge in [-0.2, -0.15) is 0 Å². The van der Waals surface area contributed by atoms with Gasteiger partial charge in [0.1, 0.15) is 5.75 Å². The van der Waals surface area contributed by atoms with Crippen LogP contribution in [-0.4, -0.2) is 29.1 Å². The van der Waals surface area contributed by atoms with Crippen LogP contribution < -0.4 is 10.1 Å². The van der Waals surface area contributed by atoms with Gasteiger partial charge in [-0.1, -0.05) is 39.7 Å². The molecule has 3 rings (SSSR count). The van der Waals surface area contributed by atoms with Crippen molar-refractivity contribution in [3.63, 3.8) is 0 Å². The van der Waals surface area contributed by atoms with E-state index < -0.39 is 24.2 Å². The van der Waals surface area contributed by atoms with Crippen molar-refractivity contribution in [2.45, 2.75) is 44.4 Å². The standard InChI is InChI=1S/C22H23BrClNO5/c1-13(26)25-22(2)10-19(14-3-6-16(24)7-4-14)30-20(11-22)17-9-15(23)5-8-18(17)29-12-21(27)28/h3-9,19-20H,10-12H2,1-2H3,(H,25,26)(H,27,28)/t19-,20+,22+/m0/s1. The molecule has 1 aliphatic heterocycles. The number of carboxylic acids is 1. The molecule has 1 heterocycles. The van der Waals surface area contributed by atoms with Crippen LogP contribution in [0.5, 0.6) is 5.75 Å². The molecule has 2 aromatic carbocycles. The summed E-state index contributed by atoms with van der Waals surface area (Å²) in [6, 6.07) is 12.8. The molecule has 1 saturated heterocycles. The Hall–Kier alpha value is -2.09. The molecule has 0 aliphatic carbocycles. The Morgan fingerprint density at radius 2 is 1.90 bits per heavy atom. The molecule has 0 bridgehead atoms. The van der Waals surface area contributed by atoms with Crippen LogP contribution in [0.15, 0.2) is 46.9 Å². The van der Waals surface area contributed by atoms with Gasteiger partial charge >= 0.3 is 5.97 Å². The summed E-state index contributed by atoms with van der Waals surface area (Å²) in [4.78, 5) is 22.9. The fourth-order valence-electron chi connectivity index (χ4n) is 3.82. The van der Waals surface area contributed by atoms with Crippen molar-refractivity contribution in [3.05, 3.63) is 63.1 Å². The number of nitrogens with one attached hydrogen (secondary N) is 1. The van der Waals surface area contributed by atoms with Crippen molar-refractivity contribution >= 4 is 39.4 Å². The van der Waals surface area contributed by atoms with Crippen LogP contribution in [0.2, 0.25) is 5.02 Å². The van der Waals surface area contributed by atoms with E-state index in [9.17, 15) is 9.59 Å². The second kappa shape index (κ2) is 9.37. The molecule has 0 saturated carbocycles. The highest BCUT2D eigenvalue weighted by molar-refractivity contribution is 9.10. The average molecular weight is 497 g/mol. The van der Waals surface area contributed by atoms with Gasteiger partial charge in [-0.3, -0.25) is 4.79 Å². The fraction of sp³-hybridized carbons (Fsp3) is 0.364. The minimum Gasteiger partial charge on any atom is -0.482 e. The summed E-state index contributed by atoms with van der Waals surface area (Å²) in [6.07, 6.45) is 0.391. The van der Waals surface area contributed by atoms with E-state index >= 15 is 0 Å². The molecule has 30 heavy (non-hydrogen) atoms. The summed E-state index contributed by atoms with van der Waals surface area (Å²) in [5.74, 6) is -0.743. The van der Waals surface area contributed by atoms with E-state index in [1.54, 1.807) is 24.3 Å². The first kappa shape index (κ1) is 22.6. The summed E-state index contributed by atoms with van der Waals surface area (Å²) < 4.78 is 12.8. The van der Waals surface area contributed by atoms with E-state index in [1.807, 2.05) is 25.1 Å². The maximum absolute atomic E-state index is 11.9. The third-order valence-electron chi connectivity index (χ3n) is 4.99. The van der Waals surface area contributed by atoms with Crippen LogP contribution in [0, 0.1) is 0 Å². The summed E-state index contributed by atoms with van der Waals surface area (Å²) in [5.41, 5.74) is 1.15. The zero-order chi connectivity index (χ0) is 21.9. The van der Waals surface area contributed by atoms with E-state index in [2.05, 4.69) is 21.2 Å². The van der Waals surface area contributed by atoms with Crippen LogP contribution in [0.3, 0.4) is 0 Å². The van der Waals surface area contributed by atoms with Crippen LogP contribution in [0.25, 0.3) is 0 Å². The quantitative estimate of drug-likeness (QED) is 0.584. The molecule has 8 heteroatoms. The number of ether oxygens (including phenoxy) is 2. The molecule has 1 aliphatic rings. The lowest BCUT2D eigenvalue weighted by Crippen LogP contribution is -2.50. The van der Waals surface area contributed by atoms with Crippen LogP contribution in [-0.2, 0) is 14.3 Å². The Morgan fingerprint density at radius 1 is 1.23 bits per heavy atom. The Morgan fingerprint density at radius 3 is 2.53 bits per heavy atom. The van der Waals surface area contributed by atoms with Gasteiger partial charge in [0.15, 0.2) is 6.61 Å². The summed E-state index contributed by atoms with van der Waals surface area (Å²) in [7, 11) is 0. The van der Waals surface area contributed by atoms with Crippen molar-refractivity contribution in [3.8, 4) is 5.75 Å². The zero-order valence-corrected chi connectivity index (χ0v) is 19.0. The molecule has 0 aromatic heterocycles. The predicted molar refractivity (Wildman–Crippen MR) is 117 cm³/mol. The van der Waals surface area contributed by atoms with Gasteiger partial charge in [-0.15, -0.1) is 0 Å². The molecule has 160 valence electrons. The Bertz CT molecular complexity index is 936. The molecule has 0 spiro atoms. The molecular weight excluding hydrogens is 474 g/mol. The molecule has 2 aromatic rings. The van der Waals surface area contributed by atoms with Gasteiger partial charge in [0.25, 0.3) is 0 Å². The lowest BCUT2D eigenvalue weighted by Gasteiger charge is -2.43. The minimum absolute atomic E-state index is 0.121. The number of amides is 1. The highest BCUT2D eigenvalue weighted by Crippen LogP contribution is 2.46. The van der Waals surface area contributed by atoms with Gasteiger partial charge in [0.2, 0.25) is 5.91 Å². The first-order valence-electron chi connectivity index (χ1n) is 9.49. The average Bonchev–Trinajstić information content (AvgIpc) is 2.66. The number of carbonyl (C=O) groups excluding carboxylic acids is 1. The van der Waals surface area contributed by atoms with Crippen LogP contribution in [0.4, 0.5) is 0 Å². The molecule has 1 fully saturated rings. The second-order valence-corrected chi connectivity index (χ2v) is 9.03. The first-order chi connectivity index (χ1) is 14.1. The van der Waals surface area contributed by atoms with Gasteiger partial charge in [-0.25, -0.2) is 4.79 Å². The number of hydrogen-bond acceptors (Lipinski definition) is 4. The number of halogens is 2. The van der Waals surface area contributed by atoms with E-state index in [0.29, 0.717) is 23.6 Å². The van der Waals surface area contributed by atoms with Gasteiger partial charge in [0, 0.05) is 40.4 Å². The Balaban J connectivity index is 1.98. The van der Waals surface area contributed by atoms with Crippen molar-refractivity contribution < 1.29 is 24.2 Å². The maximum atomic E-state index is 11.9. The number of aliphatic carboxylic acids is 1. The molecule has 6 nitrogen and oxygen atoms in total. The molecule has 2 N–H and O–H groups in total. The van der Waals surface area contributed by atoms with Crippen molar-refractivity contribution in [2.24, 2.45) is 0 Å². The van der Waals surface area contributed by atoms with Crippen molar-refractivity contribution in [1.29, 1.82) is 0 Å². The molecule has 3 atom stereocenters. The highest BCUT2D eigenvalue weighted by atomic mass is 79.9. The second-order valence-electron chi connectivity index (χ2n) is 7.68. The number of carboxylic acid groups (broad SMARTS) is 1. The third-order valence-corrected chi connectivity index (χ3v) is 5.74. The number of rotatable bonds is 6. The molecule has 1 amide bonds. The number of hydrogen-bond donors (Lipinski definition) is 2. The van der Waals surface area contributed by atoms with Gasteiger partial charge < -0.3 is 19.9 Å². The van der Waals surface area contributed by atoms with Gasteiger partial charge in [0.05, 0.1) is 12.2 Å².